The summed E-state index contributed by atoms with van der Waals surface area (Å²) in [4.78, 5) is 8.68. The van der Waals surface area contributed by atoms with Gasteiger partial charge in [0.05, 0.1) is 25.0 Å². The molecule has 3 aromatic rings. The summed E-state index contributed by atoms with van der Waals surface area (Å²) in [5, 5.41) is 8.54. The summed E-state index contributed by atoms with van der Waals surface area (Å²) in [5.74, 6) is 0.580. The second-order valence-corrected chi connectivity index (χ2v) is 5.36. The smallest absolute Gasteiger partial charge is 0.212 e. The average Bonchev–Trinajstić information content (AvgIpc) is 3.05. The van der Waals surface area contributed by atoms with Crippen molar-refractivity contribution in [2.75, 3.05) is 7.11 Å². The lowest BCUT2D eigenvalue weighted by atomic mass is 10.1. The number of nitrogens with zero attached hydrogens (tertiary/aromatic N) is 5. The Bertz CT molecular complexity index is 782. The van der Waals surface area contributed by atoms with E-state index >= 15 is 0 Å². The highest BCUT2D eigenvalue weighted by Gasteiger charge is 2.16. The van der Waals surface area contributed by atoms with Crippen molar-refractivity contribution >= 4 is 0 Å². The number of hydrogen-bond donors (Lipinski definition) is 0. The first-order valence-electron chi connectivity index (χ1n) is 7.56. The maximum Gasteiger partial charge on any atom is 0.212 e. The van der Waals surface area contributed by atoms with Crippen LogP contribution in [-0.4, -0.2) is 32.1 Å². The molecule has 3 heterocycles. The molecule has 0 radical (unpaired) electrons. The van der Waals surface area contributed by atoms with Gasteiger partial charge in [0.25, 0.3) is 0 Å². The molecule has 0 aromatic carbocycles. The number of aryl methyl sites for hydroxylation is 1. The van der Waals surface area contributed by atoms with E-state index < -0.39 is 0 Å². The summed E-state index contributed by atoms with van der Waals surface area (Å²) in [6.07, 6.45) is 6.39. The first-order valence-corrected chi connectivity index (χ1v) is 7.56. The highest BCUT2D eigenvalue weighted by atomic mass is 16.5. The zero-order valence-corrected chi connectivity index (χ0v) is 13.5. The maximum absolute atomic E-state index is 5.07. The Morgan fingerprint density at radius 1 is 1.22 bits per heavy atom. The van der Waals surface area contributed by atoms with Gasteiger partial charge in [0.1, 0.15) is 5.69 Å². The molecule has 0 bridgehead atoms. The second-order valence-electron chi connectivity index (χ2n) is 5.36. The van der Waals surface area contributed by atoms with Crippen molar-refractivity contribution < 1.29 is 4.74 Å². The molecular weight excluding hydrogens is 290 g/mol. The monoisotopic (exact) mass is 309 g/mol. The number of hydrogen-bond acceptors (Lipinski definition) is 5. The van der Waals surface area contributed by atoms with Gasteiger partial charge < -0.3 is 4.74 Å². The van der Waals surface area contributed by atoms with Crippen LogP contribution in [0.4, 0.5) is 0 Å². The van der Waals surface area contributed by atoms with Crippen molar-refractivity contribution in [3.63, 3.8) is 0 Å². The highest BCUT2D eigenvalue weighted by molar-refractivity contribution is 5.56. The largest absolute Gasteiger partial charge is 0.481 e. The Balaban J connectivity index is 1.90. The van der Waals surface area contributed by atoms with E-state index in [-0.39, 0.29) is 6.04 Å². The van der Waals surface area contributed by atoms with Gasteiger partial charge >= 0.3 is 0 Å². The molecule has 1 atom stereocenters. The molecule has 3 rings (SSSR count). The first-order chi connectivity index (χ1) is 11.2. The quantitative estimate of drug-likeness (QED) is 0.724. The third kappa shape index (κ3) is 3.21. The molecule has 0 aliphatic rings. The lowest BCUT2D eigenvalue weighted by molar-refractivity contribution is 0.398. The van der Waals surface area contributed by atoms with E-state index in [1.165, 1.54) is 5.56 Å². The Morgan fingerprint density at radius 3 is 2.74 bits per heavy atom. The fourth-order valence-corrected chi connectivity index (χ4v) is 2.49. The van der Waals surface area contributed by atoms with Crippen LogP contribution in [0.1, 0.15) is 30.6 Å². The zero-order valence-electron chi connectivity index (χ0n) is 13.5. The average molecular weight is 309 g/mol. The molecule has 6 heteroatoms. The third-order valence-corrected chi connectivity index (χ3v) is 3.74. The minimum Gasteiger partial charge on any atom is -0.481 e. The van der Waals surface area contributed by atoms with E-state index in [0.717, 1.165) is 23.4 Å². The van der Waals surface area contributed by atoms with Crippen molar-refractivity contribution in [2.45, 2.75) is 26.3 Å². The fourth-order valence-electron chi connectivity index (χ4n) is 2.49. The first kappa shape index (κ1) is 15.1. The number of methoxy groups -OCH3 is 1. The van der Waals surface area contributed by atoms with Gasteiger partial charge in [-0.05, 0) is 37.1 Å². The van der Waals surface area contributed by atoms with Gasteiger partial charge in [-0.25, -0.2) is 9.67 Å². The van der Waals surface area contributed by atoms with E-state index in [1.807, 2.05) is 35.3 Å². The van der Waals surface area contributed by atoms with E-state index in [0.29, 0.717) is 5.88 Å². The molecule has 3 aromatic heterocycles. The summed E-state index contributed by atoms with van der Waals surface area (Å²) in [7, 11) is 1.60. The number of rotatable bonds is 5. The zero-order chi connectivity index (χ0) is 16.2. The van der Waals surface area contributed by atoms with Crippen LogP contribution in [0.3, 0.4) is 0 Å². The van der Waals surface area contributed by atoms with E-state index in [9.17, 15) is 0 Å². The molecule has 0 saturated heterocycles. The molecule has 6 nitrogen and oxygen atoms in total. The Hall–Kier alpha value is -2.76. The van der Waals surface area contributed by atoms with Crippen LogP contribution in [0.2, 0.25) is 0 Å². The van der Waals surface area contributed by atoms with E-state index in [1.54, 1.807) is 13.3 Å². The number of ether oxygens (including phenoxy) is 1. The maximum atomic E-state index is 5.07. The number of aromatic nitrogens is 5. The van der Waals surface area contributed by atoms with Gasteiger partial charge in [-0.1, -0.05) is 12.1 Å². The highest BCUT2D eigenvalue weighted by Crippen LogP contribution is 2.23. The molecule has 0 amide bonds. The van der Waals surface area contributed by atoms with Crippen LogP contribution in [0.5, 0.6) is 5.88 Å². The van der Waals surface area contributed by atoms with Crippen molar-refractivity contribution in [1.82, 2.24) is 25.0 Å². The molecule has 0 spiro atoms. The molecule has 0 fully saturated rings. The Kier molecular flexibility index (Phi) is 4.32. The minimum atomic E-state index is 0.0716. The lowest BCUT2D eigenvalue weighted by Gasteiger charge is -2.14. The van der Waals surface area contributed by atoms with Crippen LogP contribution in [0.15, 0.2) is 42.9 Å². The van der Waals surface area contributed by atoms with E-state index in [2.05, 4.69) is 40.2 Å². The van der Waals surface area contributed by atoms with Crippen LogP contribution >= 0.6 is 0 Å². The Morgan fingerprint density at radius 2 is 2.09 bits per heavy atom. The van der Waals surface area contributed by atoms with Crippen molar-refractivity contribution in [2.24, 2.45) is 0 Å². The normalized spacial score (nSPS) is 12.1. The van der Waals surface area contributed by atoms with Gasteiger partial charge in [-0.3, -0.25) is 4.98 Å². The third-order valence-electron chi connectivity index (χ3n) is 3.74. The fraction of sp³-hybridized carbons (Fsp3) is 0.294. The molecular formula is C17H19N5O. The van der Waals surface area contributed by atoms with Gasteiger partial charge in [-0.2, -0.15) is 0 Å². The van der Waals surface area contributed by atoms with Crippen molar-refractivity contribution in [3.8, 4) is 17.1 Å². The number of pyridine rings is 2. The predicted octanol–water partition coefficient (Wildman–Crippen LogP) is 3.05. The predicted molar refractivity (Wildman–Crippen MR) is 87.2 cm³/mol. The van der Waals surface area contributed by atoms with Crippen molar-refractivity contribution in [3.05, 3.63) is 54.1 Å². The van der Waals surface area contributed by atoms with Gasteiger partial charge in [0, 0.05) is 24.0 Å². The lowest BCUT2D eigenvalue weighted by Crippen LogP contribution is -2.12. The topological polar surface area (TPSA) is 65.7 Å². The minimum absolute atomic E-state index is 0.0716. The van der Waals surface area contributed by atoms with Gasteiger partial charge in [-0.15, -0.1) is 5.10 Å². The van der Waals surface area contributed by atoms with Crippen LogP contribution in [0.25, 0.3) is 11.3 Å². The molecule has 0 N–H and O–H groups in total. The van der Waals surface area contributed by atoms with Gasteiger partial charge in [0.2, 0.25) is 5.88 Å². The van der Waals surface area contributed by atoms with Crippen LogP contribution in [-0.2, 0) is 0 Å². The molecule has 0 unspecified atom stereocenters. The summed E-state index contributed by atoms with van der Waals surface area (Å²) in [5.41, 5.74) is 3.88. The molecule has 0 aliphatic carbocycles. The summed E-state index contributed by atoms with van der Waals surface area (Å²) in [6, 6.07) is 7.89. The van der Waals surface area contributed by atoms with Crippen molar-refractivity contribution in [1.29, 1.82) is 0 Å². The molecule has 118 valence electrons. The standard InChI is InChI=1S/C17H19N5O/c1-4-16(14-9-12(2)7-8-18-14)22-11-15(20-21-22)13-5-6-17(23-3)19-10-13/h5-11,16H,4H2,1-3H3/t16-/m1/s1. The second kappa shape index (κ2) is 6.56. The van der Waals surface area contributed by atoms with Gasteiger partial charge in [0.15, 0.2) is 0 Å². The molecule has 23 heavy (non-hydrogen) atoms. The van der Waals surface area contributed by atoms with E-state index in [4.69, 9.17) is 4.74 Å². The SMILES string of the molecule is CC[C@H](c1cc(C)ccn1)n1cc(-c2ccc(OC)nc2)nn1. The summed E-state index contributed by atoms with van der Waals surface area (Å²) in [6.45, 7) is 4.18. The summed E-state index contributed by atoms with van der Waals surface area (Å²) < 4.78 is 6.94. The molecule has 0 saturated carbocycles. The van der Waals surface area contributed by atoms with Crippen LogP contribution < -0.4 is 4.74 Å². The summed E-state index contributed by atoms with van der Waals surface area (Å²) >= 11 is 0. The molecule has 0 aliphatic heterocycles. The van der Waals surface area contributed by atoms with Crippen LogP contribution in [0, 0.1) is 6.92 Å². The Labute approximate surface area is 135 Å².